The van der Waals surface area contributed by atoms with Crippen molar-refractivity contribution in [2.75, 3.05) is 5.32 Å². The summed E-state index contributed by atoms with van der Waals surface area (Å²) in [6, 6.07) is 6.69. The fourth-order valence-corrected chi connectivity index (χ4v) is 1.44. The van der Waals surface area contributed by atoms with Crippen LogP contribution in [-0.4, -0.2) is 15.6 Å². The normalized spacial score (nSPS) is 10.1. The van der Waals surface area contributed by atoms with Crippen molar-refractivity contribution in [2.45, 2.75) is 6.92 Å². The van der Waals surface area contributed by atoms with E-state index < -0.39 is 0 Å². The molecule has 0 aliphatic carbocycles. The third-order valence-electron chi connectivity index (χ3n) is 2.14. The average molecular weight is 236 g/mol. The van der Waals surface area contributed by atoms with Crippen molar-refractivity contribution in [3.8, 4) is 0 Å². The number of benzene rings is 1. The fraction of sp³-hybridized carbons (Fsp3) is 0.0909. The Hall–Kier alpha value is -1.81. The van der Waals surface area contributed by atoms with E-state index in [0.717, 1.165) is 0 Å². The Morgan fingerprint density at radius 2 is 2.06 bits per heavy atom. The van der Waals surface area contributed by atoms with Crippen molar-refractivity contribution < 1.29 is 4.79 Å². The molecule has 0 saturated carbocycles. The summed E-state index contributed by atoms with van der Waals surface area (Å²) in [5, 5.41) is 3.37. The number of rotatable bonds is 1. The van der Waals surface area contributed by atoms with Gasteiger partial charge in [-0.15, -0.1) is 0 Å². The summed E-state index contributed by atoms with van der Waals surface area (Å²) in [6.45, 7) is 1.77. The molecule has 0 bridgehead atoms. The van der Waals surface area contributed by atoms with E-state index in [1.165, 1.54) is 4.57 Å². The number of hydrogen-bond acceptors (Lipinski definition) is 2. The second kappa shape index (κ2) is 4.37. The van der Waals surface area contributed by atoms with Crippen LogP contribution in [0, 0.1) is 6.92 Å². The molecule has 0 unspecified atom stereocenters. The number of carbonyl (C=O) groups is 1. The van der Waals surface area contributed by atoms with E-state index in [0.29, 0.717) is 16.5 Å². The van der Waals surface area contributed by atoms with Crippen LogP contribution in [0.5, 0.6) is 0 Å². The number of aryl methyl sites for hydroxylation is 1. The number of imidazole rings is 1. The van der Waals surface area contributed by atoms with Gasteiger partial charge in [0.05, 0.1) is 0 Å². The van der Waals surface area contributed by atoms with E-state index in [2.05, 4.69) is 10.3 Å². The zero-order valence-corrected chi connectivity index (χ0v) is 9.40. The van der Waals surface area contributed by atoms with E-state index >= 15 is 0 Å². The minimum absolute atomic E-state index is 0.239. The molecule has 0 radical (unpaired) electrons. The Labute approximate surface area is 97.9 Å². The van der Waals surface area contributed by atoms with Gasteiger partial charge in [0, 0.05) is 23.1 Å². The largest absolute Gasteiger partial charge is 0.331 e. The summed E-state index contributed by atoms with van der Waals surface area (Å²) in [7, 11) is 0. The van der Waals surface area contributed by atoms with E-state index in [1.54, 1.807) is 43.6 Å². The highest BCUT2D eigenvalue weighted by atomic mass is 35.5. The van der Waals surface area contributed by atoms with Crippen LogP contribution in [0.3, 0.4) is 0 Å². The van der Waals surface area contributed by atoms with Gasteiger partial charge < -0.3 is 5.32 Å². The lowest BCUT2D eigenvalue weighted by molar-refractivity contribution is 0.253. The molecule has 0 saturated heterocycles. The number of hydrogen-bond donors (Lipinski definition) is 1. The number of nitrogens with zero attached hydrogens (tertiary/aromatic N) is 2. The predicted molar refractivity (Wildman–Crippen MR) is 62.8 cm³/mol. The summed E-state index contributed by atoms with van der Waals surface area (Å²) < 4.78 is 1.44. The summed E-state index contributed by atoms with van der Waals surface area (Å²) in [5.41, 5.74) is 0.697. The number of halogens is 1. The molecule has 82 valence electrons. The molecule has 2 rings (SSSR count). The van der Waals surface area contributed by atoms with Crippen LogP contribution in [-0.2, 0) is 0 Å². The lowest BCUT2D eigenvalue weighted by Crippen LogP contribution is -2.19. The van der Waals surface area contributed by atoms with E-state index in [1.807, 2.05) is 0 Å². The zero-order chi connectivity index (χ0) is 11.5. The first-order valence-corrected chi connectivity index (χ1v) is 5.11. The molecule has 0 fully saturated rings. The van der Waals surface area contributed by atoms with Crippen LogP contribution in [0.25, 0.3) is 0 Å². The van der Waals surface area contributed by atoms with Gasteiger partial charge in [-0.2, -0.15) is 0 Å². The molecule has 0 spiro atoms. The van der Waals surface area contributed by atoms with Gasteiger partial charge in [0.1, 0.15) is 5.82 Å². The summed E-state index contributed by atoms with van der Waals surface area (Å²) in [5.74, 6) is 0.645. The Morgan fingerprint density at radius 1 is 1.38 bits per heavy atom. The molecular formula is C11H10ClN3O. The second-order valence-electron chi connectivity index (χ2n) is 3.28. The monoisotopic (exact) mass is 235 g/mol. The third kappa shape index (κ3) is 2.23. The number of amides is 1. The Morgan fingerprint density at radius 3 is 2.62 bits per heavy atom. The number of aromatic nitrogens is 2. The quantitative estimate of drug-likeness (QED) is 0.826. The van der Waals surface area contributed by atoms with Gasteiger partial charge in [-0.3, -0.25) is 4.57 Å². The van der Waals surface area contributed by atoms with E-state index in [4.69, 9.17) is 11.6 Å². The molecule has 5 heteroatoms. The molecule has 16 heavy (non-hydrogen) atoms. The smallest absolute Gasteiger partial charge is 0.307 e. The average Bonchev–Trinajstić information content (AvgIpc) is 2.68. The Kier molecular flexibility index (Phi) is 2.92. The SMILES string of the molecule is Cc1nccn1C(=O)Nc1ccc(Cl)cc1. The molecule has 1 heterocycles. The molecule has 4 nitrogen and oxygen atoms in total. The first-order chi connectivity index (χ1) is 7.66. The lowest BCUT2D eigenvalue weighted by atomic mass is 10.3. The molecular weight excluding hydrogens is 226 g/mol. The highest BCUT2D eigenvalue weighted by Crippen LogP contribution is 2.13. The molecule has 1 aromatic heterocycles. The molecule has 1 amide bonds. The van der Waals surface area contributed by atoms with Crippen LogP contribution in [0.15, 0.2) is 36.7 Å². The molecule has 0 atom stereocenters. The van der Waals surface area contributed by atoms with Gasteiger partial charge >= 0.3 is 6.03 Å². The maximum absolute atomic E-state index is 11.8. The van der Waals surface area contributed by atoms with Crippen molar-refractivity contribution in [3.05, 3.63) is 47.5 Å². The van der Waals surface area contributed by atoms with E-state index in [-0.39, 0.29) is 6.03 Å². The van der Waals surface area contributed by atoms with Crippen molar-refractivity contribution in [1.29, 1.82) is 0 Å². The van der Waals surface area contributed by atoms with Gasteiger partial charge in [-0.1, -0.05) is 11.6 Å². The minimum atomic E-state index is -0.239. The van der Waals surface area contributed by atoms with Crippen molar-refractivity contribution >= 4 is 23.3 Å². The van der Waals surface area contributed by atoms with Gasteiger partial charge in [-0.25, -0.2) is 9.78 Å². The topological polar surface area (TPSA) is 46.9 Å². The molecule has 2 aromatic rings. The highest BCUT2D eigenvalue weighted by molar-refractivity contribution is 6.30. The second-order valence-corrected chi connectivity index (χ2v) is 3.72. The van der Waals surface area contributed by atoms with Gasteiger partial charge in [0.15, 0.2) is 0 Å². The zero-order valence-electron chi connectivity index (χ0n) is 8.64. The van der Waals surface area contributed by atoms with Crippen LogP contribution >= 0.6 is 11.6 Å². The number of nitrogens with one attached hydrogen (secondary N) is 1. The van der Waals surface area contributed by atoms with Crippen LogP contribution in [0.1, 0.15) is 5.82 Å². The standard InChI is InChI=1S/C11H10ClN3O/c1-8-13-6-7-15(8)11(16)14-10-4-2-9(12)3-5-10/h2-7H,1H3,(H,14,16). The first-order valence-electron chi connectivity index (χ1n) is 4.74. The van der Waals surface area contributed by atoms with Gasteiger partial charge in [-0.05, 0) is 31.2 Å². The summed E-state index contributed by atoms with van der Waals surface area (Å²) >= 11 is 5.75. The third-order valence-corrected chi connectivity index (χ3v) is 2.39. The highest BCUT2D eigenvalue weighted by Gasteiger charge is 2.06. The molecule has 0 aliphatic rings. The van der Waals surface area contributed by atoms with Gasteiger partial charge in [0.2, 0.25) is 0 Å². The lowest BCUT2D eigenvalue weighted by Gasteiger charge is -2.06. The maximum atomic E-state index is 11.8. The Bertz CT molecular complexity index is 504. The molecule has 1 aromatic carbocycles. The number of anilines is 1. The minimum Gasteiger partial charge on any atom is -0.307 e. The van der Waals surface area contributed by atoms with Crippen molar-refractivity contribution in [2.24, 2.45) is 0 Å². The van der Waals surface area contributed by atoms with Gasteiger partial charge in [0.25, 0.3) is 0 Å². The van der Waals surface area contributed by atoms with E-state index in [9.17, 15) is 4.79 Å². The van der Waals surface area contributed by atoms with Crippen LogP contribution in [0.2, 0.25) is 5.02 Å². The fourth-order valence-electron chi connectivity index (χ4n) is 1.31. The number of carbonyl (C=O) groups excluding carboxylic acids is 1. The van der Waals surface area contributed by atoms with Crippen molar-refractivity contribution in [3.63, 3.8) is 0 Å². The Balaban J connectivity index is 2.14. The molecule has 1 N–H and O–H groups in total. The van der Waals surface area contributed by atoms with Crippen molar-refractivity contribution in [1.82, 2.24) is 9.55 Å². The maximum Gasteiger partial charge on any atom is 0.331 e. The first kappa shape index (κ1) is 10.7. The molecule has 0 aliphatic heterocycles. The summed E-state index contributed by atoms with van der Waals surface area (Å²) in [4.78, 5) is 15.7. The predicted octanol–water partition coefficient (Wildman–Crippen LogP) is 2.93. The van der Waals surface area contributed by atoms with Crippen LogP contribution < -0.4 is 5.32 Å². The van der Waals surface area contributed by atoms with Crippen LogP contribution in [0.4, 0.5) is 10.5 Å². The summed E-state index contributed by atoms with van der Waals surface area (Å²) in [6.07, 6.45) is 3.19.